The Hall–Kier alpha value is -4.50. The third-order valence-corrected chi connectivity index (χ3v) is 10.4. The third kappa shape index (κ3) is 5.50. The average Bonchev–Trinajstić information content (AvgIpc) is 3.24. The fraction of sp³-hybridized carbons (Fsp3) is 0.421. The van der Waals surface area contributed by atoms with E-state index >= 15 is 0 Å². The predicted octanol–water partition coefficient (Wildman–Crippen LogP) is 6.21. The highest BCUT2D eigenvalue weighted by molar-refractivity contribution is 5.90. The highest BCUT2D eigenvalue weighted by Gasteiger charge is 2.80. The van der Waals surface area contributed by atoms with E-state index in [2.05, 4.69) is 0 Å². The van der Waals surface area contributed by atoms with Crippen molar-refractivity contribution in [3.63, 3.8) is 0 Å². The molecule has 0 N–H and O–H groups in total. The van der Waals surface area contributed by atoms with Gasteiger partial charge in [-0.25, -0.2) is 14.4 Å². The Labute approximate surface area is 274 Å². The van der Waals surface area contributed by atoms with Gasteiger partial charge in [-0.3, -0.25) is 4.79 Å². The first-order chi connectivity index (χ1) is 22.4. The molecule has 1 aliphatic heterocycles. The molecule has 0 unspecified atom stereocenters. The predicted molar refractivity (Wildman–Crippen MR) is 170 cm³/mol. The number of fused-ring (bicyclic) bond motifs is 1. The van der Waals surface area contributed by atoms with Crippen LogP contribution in [0.25, 0.3) is 0 Å². The normalized spacial score (nSPS) is 31.9. The van der Waals surface area contributed by atoms with Crippen LogP contribution < -0.4 is 0 Å². The van der Waals surface area contributed by atoms with E-state index in [9.17, 15) is 19.2 Å². The van der Waals surface area contributed by atoms with E-state index in [1.807, 2.05) is 33.8 Å². The number of benzene rings is 3. The lowest BCUT2D eigenvalue weighted by atomic mass is 9.48. The Bertz CT molecular complexity index is 1640. The fourth-order valence-corrected chi connectivity index (χ4v) is 8.27. The van der Waals surface area contributed by atoms with Crippen molar-refractivity contribution in [3.8, 4) is 0 Å². The molecule has 47 heavy (non-hydrogen) atoms. The number of ether oxygens (including phenoxy) is 5. The van der Waals surface area contributed by atoms with E-state index in [-0.39, 0.29) is 18.8 Å². The van der Waals surface area contributed by atoms with Crippen LogP contribution in [0.2, 0.25) is 0 Å². The van der Waals surface area contributed by atoms with Crippen LogP contribution in [-0.4, -0.2) is 59.5 Å². The molecule has 3 fully saturated rings. The molecule has 2 aliphatic carbocycles. The maximum atomic E-state index is 13.7. The van der Waals surface area contributed by atoms with Gasteiger partial charge in [0.25, 0.3) is 0 Å². The van der Waals surface area contributed by atoms with E-state index < -0.39 is 70.8 Å². The van der Waals surface area contributed by atoms with Gasteiger partial charge in [0.2, 0.25) is 0 Å². The zero-order valence-electron chi connectivity index (χ0n) is 27.2. The van der Waals surface area contributed by atoms with Gasteiger partial charge in [-0.2, -0.15) is 0 Å². The van der Waals surface area contributed by atoms with Crippen molar-refractivity contribution in [2.45, 2.75) is 83.1 Å². The Balaban J connectivity index is 1.48. The van der Waals surface area contributed by atoms with Crippen molar-refractivity contribution >= 4 is 23.9 Å². The van der Waals surface area contributed by atoms with Crippen molar-refractivity contribution in [1.82, 2.24) is 0 Å². The minimum absolute atomic E-state index is 0.230. The van der Waals surface area contributed by atoms with Gasteiger partial charge < -0.3 is 23.7 Å². The van der Waals surface area contributed by atoms with Crippen LogP contribution in [0.4, 0.5) is 0 Å². The smallest absolute Gasteiger partial charge is 0.338 e. The minimum atomic E-state index is -1.34. The van der Waals surface area contributed by atoms with Crippen molar-refractivity contribution < 1.29 is 42.9 Å². The molecule has 3 aromatic rings. The van der Waals surface area contributed by atoms with E-state index in [4.69, 9.17) is 23.7 Å². The zero-order valence-corrected chi connectivity index (χ0v) is 27.2. The summed E-state index contributed by atoms with van der Waals surface area (Å²) in [5, 5.41) is 0. The van der Waals surface area contributed by atoms with Crippen molar-refractivity contribution in [1.29, 1.82) is 0 Å². The van der Waals surface area contributed by atoms with Gasteiger partial charge in [0.1, 0.15) is 23.9 Å². The van der Waals surface area contributed by atoms with Gasteiger partial charge >= 0.3 is 23.9 Å². The van der Waals surface area contributed by atoms with Crippen LogP contribution in [0.5, 0.6) is 0 Å². The summed E-state index contributed by atoms with van der Waals surface area (Å²) in [6, 6.07) is 25.9. The highest BCUT2D eigenvalue weighted by Crippen LogP contribution is 2.68. The maximum absolute atomic E-state index is 13.7. The lowest BCUT2D eigenvalue weighted by molar-refractivity contribution is -0.300. The lowest BCUT2D eigenvalue weighted by Gasteiger charge is -2.62. The molecule has 8 atom stereocenters. The number of esters is 4. The molecule has 3 aliphatic rings. The maximum Gasteiger partial charge on any atom is 0.338 e. The van der Waals surface area contributed by atoms with Crippen LogP contribution in [-0.2, 0) is 28.5 Å². The summed E-state index contributed by atoms with van der Waals surface area (Å²) < 4.78 is 32.1. The minimum Gasteiger partial charge on any atom is -0.458 e. The Kier molecular flexibility index (Phi) is 8.47. The molecule has 246 valence electrons. The molecule has 0 radical (unpaired) electrons. The molecule has 9 heteroatoms. The quantitative estimate of drug-likeness (QED) is 0.220. The first kappa shape index (κ1) is 32.4. The second-order valence-electron chi connectivity index (χ2n) is 13.6. The van der Waals surface area contributed by atoms with Gasteiger partial charge in [0.05, 0.1) is 27.7 Å². The molecule has 2 bridgehead atoms. The molecular weight excluding hydrogens is 600 g/mol. The van der Waals surface area contributed by atoms with Crippen molar-refractivity contribution in [3.05, 3.63) is 108 Å². The summed E-state index contributed by atoms with van der Waals surface area (Å²) >= 11 is 0. The molecule has 1 heterocycles. The first-order valence-corrected chi connectivity index (χ1v) is 16.0. The number of rotatable bonds is 7. The standard InChI is InChI=1S/C38H40O9/c1-23-21-29(44-33(40)25-15-9-6-10-16-25)32(43-24(2)39)37(5)30(45-34(41)26-17-11-7-12-18-26)22-28-31(38(23,37)47-36(28,3)4)46-35(42)27-19-13-8-14-20-27/h6-20,23,28-32H,21-22H2,1-5H3/t23-,28-,29+,30+,31-,32+,37-,38-/m1/s1. The second kappa shape index (κ2) is 12.3. The molecule has 6 rings (SSSR count). The molecular formula is C38H40O9. The van der Waals surface area contributed by atoms with Gasteiger partial charge in [0, 0.05) is 12.8 Å². The summed E-state index contributed by atoms with van der Waals surface area (Å²) in [5.41, 5.74) is -2.39. The summed E-state index contributed by atoms with van der Waals surface area (Å²) in [6.07, 6.45) is -3.26. The van der Waals surface area contributed by atoms with Gasteiger partial charge in [-0.05, 0) is 75.9 Å². The molecule has 1 saturated heterocycles. The van der Waals surface area contributed by atoms with Crippen LogP contribution >= 0.6 is 0 Å². The number of hydrogen-bond acceptors (Lipinski definition) is 9. The molecule has 2 saturated carbocycles. The first-order valence-electron chi connectivity index (χ1n) is 16.0. The monoisotopic (exact) mass is 640 g/mol. The van der Waals surface area contributed by atoms with Gasteiger partial charge in [0.15, 0.2) is 6.10 Å². The van der Waals surface area contributed by atoms with E-state index in [1.165, 1.54) is 6.92 Å². The van der Waals surface area contributed by atoms with E-state index in [0.717, 1.165) is 0 Å². The molecule has 1 spiro atoms. The average molecular weight is 641 g/mol. The van der Waals surface area contributed by atoms with Crippen LogP contribution in [0.15, 0.2) is 91.0 Å². The molecule has 0 aromatic heterocycles. The lowest BCUT2D eigenvalue weighted by Crippen LogP contribution is -2.76. The summed E-state index contributed by atoms with van der Waals surface area (Å²) in [5.74, 6) is -3.05. The SMILES string of the molecule is CC(=O)O[C@H]1[C@@H](OC(=O)c2ccccc2)C[C@@H](C)[C@]23OC(C)(C)[C@H](C[C@H](OC(=O)c4ccccc4)[C@]12C)[C@H]3OC(=O)c1ccccc1. The molecule has 0 amide bonds. The topological polar surface area (TPSA) is 114 Å². The largest absolute Gasteiger partial charge is 0.458 e. The number of carbonyl (C=O) groups excluding carboxylic acids is 4. The number of carbonyl (C=O) groups is 4. The number of hydrogen-bond donors (Lipinski definition) is 0. The molecule has 9 nitrogen and oxygen atoms in total. The summed E-state index contributed by atoms with van der Waals surface area (Å²) in [6.45, 7) is 8.95. The van der Waals surface area contributed by atoms with Crippen LogP contribution in [0.3, 0.4) is 0 Å². The van der Waals surface area contributed by atoms with Crippen molar-refractivity contribution in [2.24, 2.45) is 17.3 Å². The van der Waals surface area contributed by atoms with E-state index in [0.29, 0.717) is 16.7 Å². The van der Waals surface area contributed by atoms with Crippen LogP contribution in [0, 0.1) is 17.3 Å². The highest BCUT2D eigenvalue weighted by atomic mass is 16.6. The fourth-order valence-electron chi connectivity index (χ4n) is 8.27. The van der Waals surface area contributed by atoms with E-state index in [1.54, 1.807) is 84.9 Å². The Morgan fingerprint density at radius 3 is 1.60 bits per heavy atom. The third-order valence-electron chi connectivity index (χ3n) is 10.4. The second-order valence-corrected chi connectivity index (χ2v) is 13.6. The summed E-state index contributed by atoms with van der Waals surface area (Å²) in [4.78, 5) is 53.6. The summed E-state index contributed by atoms with van der Waals surface area (Å²) in [7, 11) is 0. The van der Waals surface area contributed by atoms with Gasteiger partial charge in [-0.15, -0.1) is 0 Å². The van der Waals surface area contributed by atoms with Crippen molar-refractivity contribution in [2.75, 3.05) is 0 Å². The Morgan fingerprint density at radius 2 is 1.11 bits per heavy atom. The Morgan fingerprint density at radius 1 is 0.638 bits per heavy atom. The molecule has 3 aromatic carbocycles. The van der Waals surface area contributed by atoms with Crippen LogP contribution in [0.1, 0.15) is 78.5 Å². The zero-order chi connectivity index (χ0) is 33.6. The van der Waals surface area contributed by atoms with Gasteiger partial charge in [-0.1, -0.05) is 61.5 Å².